The molecule has 4 heteroatoms. The van der Waals surface area contributed by atoms with Gasteiger partial charge in [-0.05, 0) is 30.5 Å². The molecule has 1 aromatic rings. The highest BCUT2D eigenvalue weighted by Gasteiger charge is 2.01. The van der Waals surface area contributed by atoms with Gasteiger partial charge in [0.1, 0.15) is 5.84 Å². The van der Waals surface area contributed by atoms with Crippen LogP contribution in [0, 0.1) is 0 Å². The number of hydrazone groups is 1. The van der Waals surface area contributed by atoms with Crippen LogP contribution in [0.25, 0.3) is 0 Å². The second-order valence-electron chi connectivity index (χ2n) is 4.06. The molecule has 1 aromatic carbocycles. The van der Waals surface area contributed by atoms with Crippen LogP contribution in [-0.2, 0) is 0 Å². The van der Waals surface area contributed by atoms with Crippen LogP contribution in [0.3, 0.4) is 0 Å². The van der Waals surface area contributed by atoms with Crippen molar-refractivity contribution in [1.29, 1.82) is 0 Å². The van der Waals surface area contributed by atoms with Gasteiger partial charge < -0.3 is 0 Å². The van der Waals surface area contributed by atoms with Gasteiger partial charge in [-0.15, -0.1) is 0 Å². The van der Waals surface area contributed by atoms with E-state index >= 15 is 0 Å². The molecule has 0 bridgehead atoms. The molecular formula is C13H16BrN3. The zero-order valence-corrected chi connectivity index (χ0v) is 11.3. The van der Waals surface area contributed by atoms with E-state index in [0.717, 1.165) is 28.8 Å². The first-order chi connectivity index (χ1) is 8.34. The van der Waals surface area contributed by atoms with Crippen molar-refractivity contribution < 1.29 is 0 Å². The Hall–Kier alpha value is -1.16. The third-order valence-electron chi connectivity index (χ3n) is 2.65. The highest BCUT2D eigenvalue weighted by molar-refractivity contribution is 9.10. The van der Waals surface area contributed by atoms with Gasteiger partial charge in [-0.2, -0.15) is 5.10 Å². The van der Waals surface area contributed by atoms with Crippen LogP contribution in [-0.4, -0.2) is 18.6 Å². The first-order valence-electron chi connectivity index (χ1n) is 5.92. The van der Waals surface area contributed by atoms with Gasteiger partial charge in [0.25, 0.3) is 0 Å². The molecule has 0 aromatic heterocycles. The normalized spacial score (nSPS) is 16.6. The van der Waals surface area contributed by atoms with E-state index in [9.17, 15) is 0 Å². The van der Waals surface area contributed by atoms with E-state index in [2.05, 4.69) is 31.4 Å². The fraction of sp³-hybridized carbons (Fsp3) is 0.385. The van der Waals surface area contributed by atoms with Crippen molar-refractivity contribution in [3.63, 3.8) is 0 Å². The van der Waals surface area contributed by atoms with Gasteiger partial charge in [-0.1, -0.05) is 34.5 Å². The first-order valence-corrected chi connectivity index (χ1v) is 6.72. The van der Waals surface area contributed by atoms with Crippen molar-refractivity contribution >= 4 is 28.0 Å². The zero-order valence-electron chi connectivity index (χ0n) is 9.69. The quantitative estimate of drug-likeness (QED) is 0.659. The summed E-state index contributed by atoms with van der Waals surface area (Å²) in [6.45, 7) is 0.927. The third-order valence-corrected chi connectivity index (χ3v) is 3.18. The van der Waals surface area contributed by atoms with Crippen molar-refractivity contribution in [2.75, 3.05) is 6.54 Å². The van der Waals surface area contributed by atoms with Crippen LogP contribution in [0.4, 0.5) is 0 Å². The molecular weight excluding hydrogens is 278 g/mol. The van der Waals surface area contributed by atoms with E-state index in [1.54, 1.807) is 0 Å². The van der Waals surface area contributed by atoms with E-state index < -0.39 is 0 Å². The number of hydrogen-bond donors (Lipinski definition) is 1. The van der Waals surface area contributed by atoms with Crippen molar-refractivity contribution in [2.45, 2.75) is 25.7 Å². The van der Waals surface area contributed by atoms with Crippen molar-refractivity contribution in [2.24, 2.45) is 10.1 Å². The van der Waals surface area contributed by atoms with Crippen LogP contribution in [0.5, 0.6) is 0 Å². The molecule has 0 saturated carbocycles. The maximum Gasteiger partial charge on any atom is 0.117 e. The van der Waals surface area contributed by atoms with Gasteiger partial charge in [0.2, 0.25) is 0 Å². The van der Waals surface area contributed by atoms with Crippen LogP contribution in [0.15, 0.2) is 38.8 Å². The second-order valence-corrected chi connectivity index (χ2v) is 4.98. The maximum absolute atomic E-state index is 4.45. The Labute approximate surface area is 110 Å². The number of hydrogen-bond acceptors (Lipinski definition) is 3. The highest BCUT2D eigenvalue weighted by Crippen LogP contribution is 2.09. The average molecular weight is 294 g/mol. The minimum Gasteiger partial charge on any atom is -0.271 e. The van der Waals surface area contributed by atoms with Crippen LogP contribution >= 0.6 is 15.9 Å². The monoisotopic (exact) mass is 293 g/mol. The van der Waals surface area contributed by atoms with Crippen LogP contribution in [0.2, 0.25) is 0 Å². The van der Waals surface area contributed by atoms with E-state index in [4.69, 9.17) is 0 Å². The largest absolute Gasteiger partial charge is 0.271 e. The van der Waals surface area contributed by atoms with E-state index in [1.165, 1.54) is 19.3 Å². The van der Waals surface area contributed by atoms with Gasteiger partial charge >= 0.3 is 0 Å². The van der Waals surface area contributed by atoms with Gasteiger partial charge in [0, 0.05) is 17.4 Å². The lowest BCUT2D eigenvalue weighted by atomic mass is 10.2. The summed E-state index contributed by atoms with van der Waals surface area (Å²) in [5.74, 6) is 1.01. The van der Waals surface area contributed by atoms with E-state index in [1.807, 2.05) is 30.5 Å². The maximum atomic E-state index is 4.45. The molecule has 3 nitrogen and oxygen atoms in total. The smallest absolute Gasteiger partial charge is 0.117 e. The molecule has 0 fully saturated rings. The fourth-order valence-corrected chi connectivity index (χ4v) is 1.96. The number of nitrogens with one attached hydrogen (secondary N) is 1. The lowest BCUT2D eigenvalue weighted by Crippen LogP contribution is -2.17. The predicted molar refractivity (Wildman–Crippen MR) is 75.6 cm³/mol. The Kier molecular flexibility index (Phi) is 4.74. The summed E-state index contributed by atoms with van der Waals surface area (Å²) < 4.78 is 1.08. The lowest BCUT2D eigenvalue weighted by Gasteiger charge is -2.01. The topological polar surface area (TPSA) is 36.8 Å². The molecule has 0 spiro atoms. The third kappa shape index (κ3) is 4.30. The molecule has 0 saturated heterocycles. The summed E-state index contributed by atoms with van der Waals surface area (Å²) in [5, 5.41) is 4.22. The van der Waals surface area contributed by atoms with Gasteiger partial charge in [0.15, 0.2) is 0 Å². The summed E-state index contributed by atoms with van der Waals surface area (Å²) in [6.07, 6.45) is 6.50. The summed E-state index contributed by atoms with van der Waals surface area (Å²) in [5.41, 5.74) is 4.11. The minimum absolute atomic E-state index is 0.927. The molecule has 0 radical (unpaired) electrons. The van der Waals surface area contributed by atoms with Gasteiger partial charge in [-0.25, -0.2) is 0 Å². The molecule has 1 N–H and O–H groups in total. The second kappa shape index (κ2) is 6.55. The Bertz CT molecular complexity index is 409. The molecule has 90 valence electrons. The summed E-state index contributed by atoms with van der Waals surface area (Å²) in [6, 6.07) is 8.05. The van der Waals surface area contributed by atoms with Crippen molar-refractivity contribution in [1.82, 2.24) is 5.43 Å². The van der Waals surface area contributed by atoms with Crippen LogP contribution in [0.1, 0.15) is 31.2 Å². The Morgan fingerprint density at radius 2 is 2.00 bits per heavy atom. The van der Waals surface area contributed by atoms with Crippen molar-refractivity contribution in [3.05, 3.63) is 34.3 Å². The summed E-state index contributed by atoms with van der Waals surface area (Å²) in [4.78, 5) is 4.45. The van der Waals surface area contributed by atoms with Crippen LogP contribution < -0.4 is 5.43 Å². The van der Waals surface area contributed by atoms with E-state index in [0.29, 0.717) is 0 Å². The van der Waals surface area contributed by atoms with E-state index in [-0.39, 0.29) is 0 Å². The number of rotatable bonds is 2. The molecule has 0 amide bonds. The summed E-state index contributed by atoms with van der Waals surface area (Å²) >= 11 is 3.41. The standard InChI is InChI=1S/C13H16BrN3/c14-12-7-5-11(6-8-12)10-16-17-13-4-2-1-3-9-15-13/h5-8,10H,1-4,9H2,(H,15,17)/b16-10-. The molecule has 0 aliphatic carbocycles. The lowest BCUT2D eigenvalue weighted by molar-refractivity contribution is 0.729. The Balaban J connectivity index is 1.88. The fourth-order valence-electron chi connectivity index (χ4n) is 1.70. The molecule has 0 atom stereocenters. The predicted octanol–water partition coefficient (Wildman–Crippen LogP) is 3.35. The molecule has 1 aliphatic heterocycles. The average Bonchev–Trinajstić information content (AvgIpc) is 2.60. The number of nitrogens with zero attached hydrogens (tertiary/aromatic N) is 2. The molecule has 1 heterocycles. The first kappa shape index (κ1) is 12.3. The minimum atomic E-state index is 0.927. The summed E-state index contributed by atoms with van der Waals surface area (Å²) in [7, 11) is 0. The number of halogens is 1. The number of aliphatic imine (C=N–C) groups is 1. The molecule has 2 rings (SSSR count). The highest BCUT2D eigenvalue weighted by atomic mass is 79.9. The SMILES string of the molecule is Brc1ccc(/C=N\NC2=NCCCCC2)cc1. The molecule has 1 aliphatic rings. The number of benzene rings is 1. The Morgan fingerprint density at radius 1 is 1.18 bits per heavy atom. The Morgan fingerprint density at radius 3 is 2.82 bits per heavy atom. The van der Waals surface area contributed by atoms with Gasteiger partial charge in [-0.3, -0.25) is 10.4 Å². The van der Waals surface area contributed by atoms with Gasteiger partial charge in [0.05, 0.1) is 6.21 Å². The number of amidine groups is 1. The zero-order chi connectivity index (χ0) is 11.9. The van der Waals surface area contributed by atoms with Crippen molar-refractivity contribution in [3.8, 4) is 0 Å². The molecule has 0 unspecified atom stereocenters. The molecule has 17 heavy (non-hydrogen) atoms.